The molecule has 7 heteroatoms. The average Bonchev–Trinajstić information content (AvgIpc) is 3.03. The Morgan fingerprint density at radius 2 is 1.83 bits per heavy atom. The van der Waals surface area contributed by atoms with Gasteiger partial charge in [-0.25, -0.2) is 9.18 Å². The van der Waals surface area contributed by atoms with Crippen molar-refractivity contribution >= 4 is 28.4 Å². The molecule has 1 N–H and O–H groups in total. The van der Waals surface area contributed by atoms with Crippen LogP contribution in [0.3, 0.4) is 0 Å². The topological polar surface area (TPSA) is 58.1 Å². The number of carbonyl (C=O) groups is 1. The summed E-state index contributed by atoms with van der Waals surface area (Å²) < 4.78 is 14.8. The number of aromatic nitrogens is 2. The van der Waals surface area contributed by atoms with Crippen LogP contribution < -0.4 is 5.69 Å². The maximum absolute atomic E-state index is 13.0. The summed E-state index contributed by atoms with van der Waals surface area (Å²) in [6.45, 7) is 3.23. The van der Waals surface area contributed by atoms with Gasteiger partial charge in [-0.3, -0.25) is 9.36 Å². The number of piperidine rings is 1. The summed E-state index contributed by atoms with van der Waals surface area (Å²) in [4.78, 5) is 30.0. The minimum atomic E-state index is -0.325. The van der Waals surface area contributed by atoms with Crippen LogP contribution >= 0.6 is 11.6 Å². The molecule has 3 aromatic rings. The van der Waals surface area contributed by atoms with Crippen molar-refractivity contribution in [2.45, 2.75) is 25.8 Å². The normalized spacial score (nSPS) is 15.8. The Labute approximate surface area is 173 Å². The summed E-state index contributed by atoms with van der Waals surface area (Å²) in [6, 6.07) is 11.2. The summed E-state index contributed by atoms with van der Waals surface area (Å²) in [6.07, 6.45) is 2.47. The number of likely N-dealkylation sites (tertiary alicyclic amines) is 1. The van der Waals surface area contributed by atoms with E-state index in [4.69, 9.17) is 11.6 Å². The van der Waals surface area contributed by atoms with Crippen LogP contribution in [0.2, 0.25) is 5.02 Å². The van der Waals surface area contributed by atoms with E-state index in [0.29, 0.717) is 17.1 Å². The molecule has 0 bridgehead atoms. The summed E-state index contributed by atoms with van der Waals surface area (Å²) in [5.74, 6) is -0.222. The number of rotatable bonds is 6. The van der Waals surface area contributed by atoms with Gasteiger partial charge in [0.05, 0.1) is 11.0 Å². The number of H-pyrrole nitrogens is 1. The van der Waals surface area contributed by atoms with Crippen molar-refractivity contribution in [1.29, 1.82) is 0 Å². The standard InChI is InChI=1S/C22H23ClFN3O2/c23-17-4-7-20-19(14-17)25-22(29)27(20)11-1-10-26-12-8-16(9-13-26)21(28)15-2-5-18(24)6-3-15/h2-7,14,16H,1,8-13H2,(H,25,29). The van der Waals surface area contributed by atoms with E-state index < -0.39 is 0 Å². The third-order valence-corrected chi connectivity index (χ3v) is 5.91. The predicted octanol–water partition coefficient (Wildman–Crippen LogP) is 4.11. The van der Waals surface area contributed by atoms with Crippen molar-refractivity contribution in [2.75, 3.05) is 19.6 Å². The molecule has 1 fully saturated rings. The molecule has 0 spiro atoms. The van der Waals surface area contributed by atoms with Gasteiger partial charge in [0.1, 0.15) is 5.82 Å². The number of imidazole rings is 1. The van der Waals surface area contributed by atoms with Gasteiger partial charge in [-0.1, -0.05) is 11.6 Å². The highest BCUT2D eigenvalue weighted by Gasteiger charge is 2.25. The number of benzene rings is 2. The van der Waals surface area contributed by atoms with Gasteiger partial charge in [-0.05, 0) is 81.4 Å². The Morgan fingerprint density at radius 3 is 2.55 bits per heavy atom. The van der Waals surface area contributed by atoms with Gasteiger partial charge in [0.25, 0.3) is 0 Å². The lowest BCUT2D eigenvalue weighted by Gasteiger charge is -2.31. The van der Waals surface area contributed by atoms with Crippen LogP contribution in [-0.2, 0) is 6.54 Å². The van der Waals surface area contributed by atoms with Crippen molar-refractivity contribution < 1.29 is 9.18 Å². The van der Waals surface area contributed by atoms with Crippen molar-refractivity contribution in [3.63, 3.8) is 0 Å². The first-order valence-electron chi connectivity index (χ1n) is 9.91. The summed E-state index contributed by atoms with van der Waals surface area (Å²) >= 11 is 5.99. The van der Waals surface area contributed by atoms with E-state index in [2.05, 4.69) is 9.88 Å². The summed E-state index contributed by atoms with van der Waals surface area (Å²) in [5, 5.41) is 0.601. The molecule has 1 aliphatic rings. The van der Waals surface area contributed by atoms with Gasteiger partial charge < -0.3 is 9.88 Å². The van der Waals surface area contributed by atoms with E-state index >= 15 is 0 Å². The van der Waals surface area contributed by atoms with Crippen molar-refractivity contribution in [2.24, 2.45) is 5.92 Å². The van der Waals surface area contributed by atoms with E-state index in [1.165, 1.54) is 12.1 Å². The van der Waals surface area contributed by atoms with Gasteiger partial charge in [0, 0.05) is 23.0 Å². The predicted molar refractivity (Wildman–Crippen MR) is 112 cm³/mol. The first-order valence-corrected chi connectivity index (χ1v) is 10.3. The van der Waals surface area contributed by atoms with Gasteiger partial charge in [0.2, 0.25) is 0 Å². The number of halogens is 2. The average molecular weight is 416 g/mol. The molecule has 2 aromatic carbocycles. The molecule has 29 heavy (non-hydrogen) atoms. The van der Waals surface area contributed by atoms with Gasteiger partial charge in [-0.15, -0.1) is 0 Å². The maximum atomic E-state index is 13.0. The number of ketones is 1. The number of fused-ring (bicyclic) bond motifs is 1. The second-order valence-corrected chi connectivity index (χ2v) is 8.02. The summed E-state index contributed by atoms with van der Waals surface area (Å²) in [7, 11) is 0. The third-order valence-electron chi connectivity index (χ3n) is 5.68. The zero-order valence-corrected chi connectivity index (χ0v) is 16.8. The molecular formula is C22H23ClFN3O2. The van der Waals surface area contributed by atoms with Crippen LogP contribution in [0.15, 0.2) is 47.3 Å². The van der Waals surface area contributed by atoms with Crippen molar-refractivity contribution in [3.8, 4) is 0 Å². The maximum Gasteiger partial charge on any atom is 0.326 e. The van der Waals surface area contributed by atoms with Crippen LogP contribution in [0.5, 0.6) is 0 Å². The number of hydrogen-bond acceptors (Lipinski definition) is 3. The van der Waals surface area contributed by atoms with E-state index in [0.717, 1.165) is 49.9 Å². The minimum absolute atomic E-state index is 0.00213. The Hall–Kier alpha value is -2.44. The number of nitrogens with one attached hydrogen (secondary N) is 1. The lowest BCUT2D eigenvalue weighted by atomic mass is 9.89. The Morgan fingerprint density at radius 1 is 1.10 bits per heavy atom. The van der Waals surface area contributed by atoms with Crippen LogP contribution in [-0.4, -0.2) is 39.9 Å². The lowest BCUT2D eigenvalue weighted by Crippen LogP contribution is -2.37. The fourth-order valence-electron chi connectivity index (χ4n) is 4.08. The van der Waals surface area contributed by atoms with E-state index in [1.54, 1.807) is 28.8 Å². The van der Waals surface area contributed by atoms with Crippen molar-refractivity contribution in [3.05, 3.63) is 69.4 Å². The second kappa shape index (κ2) is 8.51. The summed E-state index contributed by atoms with van der Waals surface area (Å²) in [5.41, 5.74) is 2.08. The molecule has 0 saturated carbocycles. The van der Waals surface area contributed by atoms with Gasteiger partial charge in [-0.2, -0.15) is 0 Å². The van der Waals surface area contributed by atoms with E-state index in [9.17, 15) is 14.0 Å². The van der Waals surface area contributed by atoms with Gasteiger partial charge >= 0.3 is 5.69 Å². The monoisotopic (exact) mass is 415 g/mol. The Bertz CT molecular complexity index is 1070. The Kier molecular flexibility index (Phi) is 5.83. The number of Topliss-reactive ketones (excluding diaryl/α,β-unsaturated/α-hetero) is 1. The molecule has 0 unspecified atom stereocenters. The minimum Gasteiger partial charge on any atom is -0.305 e. The number of nitrogens with zero attached hydrogens (tertiary/aromatic N) is 2. The van der Waals surface area contributed by atoms with E-state index in [1.807, 2.05) is 6.07 Å². The molecule has 4 rings (SSSR count). The van der Waals surface area contributed by atoms with Crippen molar-refractivity contribution in [1.82, 2.24) is 14.5 Å². The number of carbonyl (C=O) groups excluding carboxylic acids is 1. The number of hydrogen-bond donors (Lipinski definition) is 1. The quantitative estimate of drug-likeness (QED) is 0.616. The number of aryl methyl sites for hydroxylation is 1. The Balaban J connectivity index is 1.28. The molecule has 0 amide bonds. The number of aromatic amines is 1. The fourth-order valence-corrected chi connectivity index (χ4v) is 4.25. The molecule has 1 aromatic heterocycles. The first kappa shape index (κ1) is 19.9. The van der Waals surface area contributed by atoms with Crippen LogP contribution in [0.1, 0.15) is 29.6 Å². The molecule has 1 saturated heterocycles. The van der Waals surface area contributed by atoms with Crippen LogP contribution in [0.4, 0.5) is 4.39 Å². The van der Waals surface area contributed by atoms with Crippen LogP contribution in [0, 0.1) is 11.7 Å². The SMILES string of the molecule is O=C(c1ccc(F)cc1)C1CCN(CCCn2c(=O)[nH]c3cc(Cl)ccc32)CC1. The molecule has 5 nitrogen and oxygen atoms in total. The molecule has 152 valence electrons. The smallest absolute Gasteiger partial charge is 0.305 e. The fraction of sp³-hybridized carbons (Fsp3) is 0.364. The molecule has 0 radical (unpaired) electrons. The molecular weight excluding hydrogens is 393 g/mol. The molecule has 1 aliphatic heterocycles. The lowest BCUT2D eigenvalue weighted by molar-refractivity contribution is 0.0838. The molecule has 0 atom stereocenters. The third kappa shape index (κ3) is 4.43. The van der Waals surface area contributed by atoms with Crippen LogP contribution in [0.25, 0.3) is 11.0 Å². The highest BCUT2D eigenvalue weighted by molar-refractivity contribution is 6.31. The van der Waals surface area contributed by atoms with E-state index in [-0.39, 0.29) is 23.2 Å². The molecule has 0 aliphatic carbocycles. The zero-order valence-electron chi connectivity index (χ0n) is 16.0. The molecule has 2 heterocycles. The highest BCUT2D eigenvalue weighted by atomic mass is 35.5. The van der Waals surface area contributed by atoms with Gasteiger partial charge in [0.15, 0.2) is 5.78 Å². The highest BCUT2D eigenvalue weighted by Crippen LogP contribution is 2.22. The zero-order chi connectivity index (χ0) is 20.4. The first-order chi connectivity index (χ1) is 14.0. The largest absolute Gasteiger partial charge is 0.326 e. The second-order valence-electron chi connectivity index (χ2n) is 7.58.